The largest absolute Gasteiger partial charge is 0.340 e. The SMILES string of the molecule is O=C1NC(=O)[C@]2(CCN(C(=O)CCC3CCCC3)C2)N1. The molecule has 0 radical (unpaired) electrons. The topological polar surface area (TPSA) is 78.5 Å². The number of hydrogen-bond acceptors (Lipinski definition) is 3. The van der Waals surface area contributed by atoms with Crippen LogP contribution in [0.15, 0.2) is 0 Å². The van der Waals surface area contributed by atoms with Gasteiger partial charge in [-0.2, -0.15) is 0 Å². The summed E-state index contributed by atoms with van der Waals surface area (Å²) < 4.78 is 0. The van der Waals surface area contributed by atoms with Crippen molar-refractivity contribution in [1.29, 1.82) is 0 Å². The highest BCUT2D eigenvalue weighted by atomic mass is 16.2. The molecule has 1 aliphatic carbocycles. The number of imide groups is 1. The van der Waals surface area contributed by atoms with Crippen LogP contribution in [-0.2, 0) is 9.59 Å². The van der Waals surface area contributed by atoms with E-state index in [-0.39, 0.29) is 11.8 Å². The Morgan fingerprint density at radius 3 is 2.70 bits per heavy atom. The number of carbonyl (C=O) groups is 3. The lowest BCUT2D eigenvalue weighted by molar-refractivity contribution is -0.131. The molecule has 4 amide bonds. The third-order valence-electron chi connectivity index (χ3n) is 4.88. The van der Waals surface area contributed by atoms with Crippen LogP contribution >= 0.6 is 0 Å². The van der Waals surface area contributed by atoms with Gasteiger partial charge in [0.1, 0.15) is 5.54 Å². The fourth-order valence-electron chi connectivity index (χ4n) is 3.62. The van der Waals surface area contributed by atoms with Crippen LogP contribution in [0.3, 0.4) is 0 Å². The smallest absolute Gasteiger partial charge is 0.322 e. The van der Waals surface area contributed by atoms with Gasteiger partial charge in [0.05, 0.1) is 6.54 Å². The Morgan fingerprint density at radius 2 is 2.05 bits per heavy atom. The minimum atomic E-state index is -0.875. The van der Waals surface area contributed by atoms with Gasteiger partial charge in [-0.05, 0) is 18.8 Å². The molecule has 0 unspecified atom stereocenters. The van der Waals surface area contributed by atoms with Crippen LogP contribution in [0.25, 0.3) is 0 Å². The van der Waals surface area contributed by atoms with Gasteiger partial charge in [-0.15, -0.1) is 0 Å². The van der Waals surface area contributed by atoms with E-state index in [1.165, 1.54) is 25.7 Å². The van der Waals surface area contributed by atoms with Crippen LogP contribution in [0, 0.1) is 5.92 Å². The van der Waals surface area contributed by atoms with E-state index < -0.39 is 11.6 Å². The maximum atomic E-state index is 12.2. The highest BCUT2D eigenvalue weighted by molar-refractivity contribution is 6.07. The minimum absolute atomic E-state index is 0.114. The van der Waals surface area contributed by atoms with Gasteiger partial charge < -0.3 is 10.2 Å². The monoisotopic (exact) mass is 279 g/mol. The number of amides is 4. The lowest BCUT2D eigenvalue weighted by Crippen LogP contribution is -2.49. The maximum absolute atomic E-state index is 12.2. The standard InChI is InChI=1S/C14H21N3O3/c18-11(6-5-10-3-1-2-4-10)17-8-7-14(9-17)12(19)15-13(20)16-14/h10H,1-9H2,(H2,15,16,19,20)/t14-/m1/s1. The summed E-state index contributed by atoms with van der Waals surface area (Å²) in [6.45, 7) is 0.866. The van der Waals surface area contributed by atoms with Gasteiger partial charge in [0.25, 0.3) is 5.91 Å². The van der Waals surface area contributed by atoms with Crippen molar-refractivity contribution in [3.8, 4) is 0 Å². The van der Waals surface area contributed by atoms with Crippen molar-refractivity contribution in [3.63, 3.8) is 0 Å². The number of urea groups is 1. The summed E-state index contributed by atoms with van der Waals surface area (Å²) in [4.78, 5) is 37.0. The average molecular weight is 279 g/mol. The molecule has 2 aliphatic heterocycles. The summed E-state index contributed by atoms with van der Waals surface area (Å²) in [5.74, 6) is 0.515. The molecule has 0 aromatic heterocycles. The van der Waals surface area contributed by atoms with E-state index >= 15 is 0 Å². The molecule has 1 atom stereocenters. The van der Waals surface area contributed by atoms with Crippen molar-refractivity contribution in [1.82, 2.24) is 15.5 Å². The lowest BCUT2D eigenvalue weighted by atomic mass is 9.99. The summed E-state index contributed by atoms with van der Waals surface area (Å²) in [5.41, 5.74) is -0.875. The molecule has 2 saturated heterocycles. The van der Waals surface area contributed by atoms with Crippen LogP contribution in [0.5, 0.6) is 0 Å². The van der Waals surface area contributed by atoms with Crippen molar-refractivity contribution in [2.45, 2.75) is 50.5 Å². The second kappa shape index (κ2) is 5.07. The Labute approximate surface area is 118 Å². The zero-order chi connectivity index (χ0) is 14.2. The number of nitrogens with one attached hydrogen (secondary N) is 2. The Morgan fingerprint density at radius 1 is 1.30 bits per heavy atom. The van der Waals surface area contributed by atoms with Crippen molar-refractivity contribution >= 4 is 17.8 Å². The van der Waals surface area contributed by atoms with E-state index in [4.69, 9.17) is 0 Å². The fraction of sp³-hybridized carbons (Fsp3) is 0.786. The zero-order valence-corrected chi connectivity index (χ0v) is 11.6. The summed E-state index contributed by atoms with van der Waals surface area (Å²) in [6, 6.07) is -0.449. The highest BCUT2D eigenvalue weighted by Crippen LogP contribution is 2.30. The Balaban J connectivity index is 1.52. The molecule has 6 nitrogen and oxygen atoms in total. The Bertz CT molecular complexity index is 445. The molecule has 0 aromatic carbocycles. The van der Waals surface area contributed by atoms with Crippen molar-refractivity contribution in [2.24, 2.45) is 5.92 Å². The molecule has 2 heterocycles. The summed E-state index contributed by atoms with van der Waals surface area (Å²) in [5, 5.41) is 4.93. The first kappa shape index (κ1) is 13.4. The van der Waals surface area contributed by atoms with E-state index in [0.29, 0.717) is 31.8 Å². The number of hydrogen-bond donors (Lipinski definition) is 2. The van der Waals surface area contributed by atoms with E-state index in [0.717, 1.165) is 6.42 Å². The van der Waals surface area contributed by atoms with Crippen LogP contribution in [0.4, 0.5) is 4.79 Å². The summed E-state index contributed by atoms with van der Waals surface area (Å²) in [6.07, 6.45) is 7.11. The minimum Gasteiger partial charge on any atom is -0.340 e. The predicted molar refractivity (Wildman–Crippen MR) is 71.8 cm³/mol. The molecule has 6 heteroatoms. The Kier molecular flexibility index (Phi) is 3.40. The second-order valence-corrected chi connectivity index (χ2v) is 6.24. The number of likely N-dealkylation sites (tertiary alicyclic amines) is 1. The third kappa shape index (κ3) is 2.39. The normalized spacial score (nSPS) is 30.1. The van der Waals surface area contributed by atoms with Gasteiger partial charge in [-0.25, -0.2) is 4.79 Å². The van der Waals surface area contributed by atoms with E-state index in [1.54, 1.807) is 4.90 Å². The van der Waals surface area contributed by atoms with Crippen molar-refractivity contribution < 1.29 is 14.4 Å². The molecular weight excluding hydrogens is 258 g/mol. The molecule has 3 aliphatic rings. The number of nitrogens with zero attached hydrogens (tertiary/aromatic N) is 1. The lowest BCUT2D eigenvalue weighted by Gasteiger charge is -2.21. The number of carbonyl (C=O) groups excluding carboxylic acids is 3. The van der Waals surface area contributed by atoms with Gasteiger partial charge in [0, 0.05) is 13.0 Å². The van der Waals surface area contributed by atoms with Gasteiger partial charge in [0.2, 0.25) is 5.91 Å². The molecule has 2 N–H and O–H groups in total. The van der Waals surface area contributed by atoms with Crippen LogP contribution in [0.2, 0.25) is 0 Å². The van der Waals surface area contributed by atoms with Crippen LogP contribution in [-0.4, -0.2) is 41.4 Å². The number of rotatable bonds is 3. The zero-order valence-electron chi connectivity index (χ0n) is 11.6. The maximum Gasteiger partial charge on any atom is 0.322 e. The van der Waals surface area contributed by atoms with Gasteiger partial charge in [0.15, 0.2) is 0 Å². The predicted octanol–water partition coefficient (Wildman–Crippen LogP) is 0.767. The molecule has 3 rings (SSSR count). The quantitative estimate of drug-likeness (QED) is 0.749. The van der Waals surface area contributed by atoms with Gasteiger partial charge >= 0.3 is 6.03 Å². The van der Waals surface area contributed by atoms with Gasteiger partial charge in [-0.3, -0.25) is 14.9 Å². The first-order valence-electron chi connectivity index (χ1n) is 7.50. The summed E-state index contributed by atoms with van der Waals surface area (Å²) in [7, 11) is 0. The second-order valence-electron chi connectivity index (χ2n) is 6.24. The Hall–Kier alpha value is -1.59. The molecule has 0 bridgehead atoms. The van der Waals surface area contributed by atoms with E-state index in [2.05, 4.69) is 10.6 Å². The van der Waals surface area contributed by atoms with E-state index in [1.807, 2.05) is 0 Å². The molecule has 20 heavy (non-hydrogen) atoms. The molecule has 3 fully saturated rings. The highest BCUT2D eigenvalue weighted by Gasteiger charge is 2.51. The molecule has 1 saturated carbocycles. The van der Waals surface area contributed by atoms with Crippen molar-refractivity contribution in [3.05, 3.63) is 0 Å². The molecule has 0 aromatic rings. The molecule has 110 valence electrons. The fourth-order valence-corrected chi connectivity index (χ4v) is 3.62. The molecule has 1 spiro atoms. The van der Waals surface area contributed by atoms with Crippen molar-refractivity contribution in [2.75, 3.05) is 13.1 Å². The van der Waals surface area contributed by atoms with Crippen LogP contribution in [0.1, 0.15) is 44.9 Å². The first-order valence-corrected chi connectivity index (χ1v) is 7.50. The van der Waals surface area contributed by atoms with E-state index in [9.17, 15) is 14.4 Å². The summed E-state index contributed by atoms with van der Waals surface area (Å²) >= 11 is 0. The molecular formula is C14H21N3O3. The first-order chi connectivity index (χ1) is 9.59. The van der Waals surface area contributed by atoms with Crippen LogP contribution < -0.4 is 10.6 Å². The third-order valence-corrected chi connectivity index (χ3v) is 4.88. The average Bonchev–Trinajstić information content (AvgIpc) is 3.10. The van der Waals surface area contributed by atoms with Gasteiger partial charge in [-0.1, -0.05) is 25.7 Å².